The molecular formula is C12H9ClN2O2. The second-order valence-electron chi connectivity index (χ2n) is 3.38. The third-order valence-corrected chi connectivity index (χ3v) is 2.28. The molecule has 0 amide bonds. The van der Waals surface area contributed by atoms with Gasteiger partial charge in [0.1, 0.15) is 0 Å². The summed E-state index contributed by atoms with van der Waals surface area (Å²) in [7, 11) is 0. The van der Waals surface area contributed by atoms with Crippen molar-refractivity contribution < 1.29 is 9.53 Å². The fraction of sp³-hybridized carbons (Fsp3) is 0.0833. The first-order chi connectivity index (χ1) is 8.16. The van der Waals surface area contributed by atoms with Crippen molar-refractivity contribution in [2.24, 2.45) is 0 Å². The highest BCUT2D eigenvalue weighted by Crippen LogP contribution is 2.16. The number of carbonyl (C=O) groups is 1. The molecule has 0 aliphatic carbocycles. The minimum atomic E-state index is -0.469. The van der Waals surface area contributed by atoms with E-state index in [1.807, 2.05) is 6.07 Å². The van der Waals surface area contributed by atoms with Crippen LogP contribution in [0.25, 0.3) is 0 Å². The number of carbonyl (C=O) groups excluding carboxylic acids is 1. The number of rotatable bonds is 2. The molecule has 0 spiro atoms. The van der Waals surface area contributed by atoms with E-state index in [1.54, 1.807) is 31.2 Å². The van der Waals surface area contributed by atoms with Crippen LogP contribution in [-0.4, -0.2) is 15.9 Å². The Morgan fingerprint density at radius 3 is 2.71 bits per heavy atom. The maximum Gasteiger partial charge on any atom is 0.344 e. The van der Waals surface area contributed by atoms with Crippen molar-refractivity contribution >= 4 is 17.6 Å². The lowest BCUT2D eigenvalue weighted by molar-refractivity contribution is 0.0726. The summed E-state index contributed by atoms with van der Waals surface area (Å²) in [6, 6.07) is 8.68. The van der Waals surface area contributed by atoms with Crippen LogP contribution in [0.1, 0.15) is 15.9 Å². The van der Waals surface area contributed by atoms with Gasteiger partial charge in [0.2, 0.25) is 11.2 Å². The zero-order valence-corrected chi connectivity index (χ0v) is 9.81. The summed E-state index contributed by atoms with van der Waals surface area (Å²) in [4.78, 5) is 19.4. The van der Waals surface area contributed by atoms with Gasteiger partial charge in [-0.2, -0.15) is 4.98 Å². The summed E-state index contributed by atoms with van der Waals surface area (Å²) in [6.07, 6.45) is 1.50. The van der Waals surface area contributed by atoms with Crippen LogP contribution in [0.3, 0.4) is 0 Å². The topological polar surface area (TPSA) is 52.1 Å². The van der Waals surface area contributed by atoms with Crippen molar-refractivity contribution in [2.75, 3.05) is 0 Å². The van der Waals surface area contributed by atoms with E-state index < -0.39 is 5.97 Å². The van der Waals surface area contributed by atoms with E-state index >= 15 is 0 Å². The highest BCUT2D eigenvalue weighted by Gasteiger charge is 2.11. The Morgan fingerprint density at radius 1 is 1.29 bits per heavy atom. The van der Waals surface area contributed by atoms with Crippen molar-refractivity contribution in [1.29, 1.82) is 0 Å². The van der Waals surface area contributed by atoms with Crippen LogP contribution >= 0.6 is 11.6 Å². The van der Waals surface area contributed by atoms with Crippen molar-refractivity contribution in [3.8, 4) is 5.88 Å². The Morgan fingerprint density at radius 2 is 2.00 bits per heavy atom. The molecule has 1 aromatic carbocycles. The molecule has 2 rings (SSSR count). The Kier molecular flexibility index (Phi) is 3.35. The van der Waals surface area contributed by atoms with E-state index in [1.165, 1.54) is 6.20 Å². The SMILES string of the molecule is Cc1cnc(Cl)nc1OC(=O)c1ccccc1. The van der Waals surface area contributed by atoms with E-state index in [2.05, 4.69) is 9.97 Å². The van der Waals surface area contributed by atoms with Crippen LogP contribution < -0.4 is 4.74 Å². The normalized spacial score (nSPS) is 10.0. The molecule has 0 saturated carbocycles. The van der Waals surface area contributed by atoms with Crippen molar-refractivity contribution in [2.45, 2.75) is 6.92 Å². The molecule has 1 aromatic heterocycles. The van der Waals surface area contributed by atoms with E-state index in [9.17, 15) is 4.79 Å². The van der Waals surface area contributed by atoms with Crippen LogP contribution in [0.2, 0.25) is 5.28 Å². The molecule has 0 bridgehead atoms. The molecule has 0 N–H and O–H groups in total. The molecule has 2 aromatic rings. The second-order valence-corrected chi connectivity index (χ2v) is 3.72. The third-order valence-electron chi connectivity index (χ3n) is 2.09. The van der Waals surface area contributed by atoms with Gasteiger partial charge < -0.3 is 4.74 Å². The van der Waals surface area contributed by atoms with Gasteiger partial charge in [-0.25, -0.2) is 9.78 Å². The summed E-state index contributed by atoms with van der Waals surface area (Å²) >= 11 is 5.63. The van der Waals surface area contributed by atoms with Crippen molar-refractivity contribution in [1.82, 2.24) is 9.97 Å². The molecule has 0 unspecified atom stereocenters. The first kappa shape index (κ1) is 11.5. The van der Waals surface area contributed by atoms with Crippen LogP contribution in [0.5, 0.6) is 5.88 Å². The summed E-state index contributed by atoms with van der Waals surface area (Å²) in [5.74, 6) is -0.290. The van der Waals surface area contributed by atoms with Gasteiger partial charge in [0, 0.05) is 11.8 Å². The van der Waals surface area contributed by atoms with Gasteiger partial charge in [-0.15, -0.1) is 0 Å². The molecule has 0 atom stereocenters. The Hall–Kier alpha value is -1.94. The lowest BCUT2D eigenvalue weighted by Crippen LogP contribution is -2.10. The van der Waals surface area contributed by atoms with Gasteiger partial charge in [-0.1, -0.05) is 18.2 Å². The number of nitrogens with zero attached hydrogens (tertiary/aromatic N) is 2. The van der Waals surface area contributed by atoms with Gasteiger partial charge in [-0.05, 0) is 30.7 Å². The van der Waals surface area contributed by atoms with Gasteiger partial charge in [0.05, 0.1) is 5.56 Å². The van der Waals surface area contributed by atoms with Crippen molar-refractivity contribution in [3.05, 3.63) is 52.9 Å². The van der Waals surface area contributed by atoms with Crippen LogP contribution in [0.4, 0.5) is 0 Å². The standard InChI is InChI=1S/C12H9ClN2O2/c1-8-7-14-12(13)15-10(8)17-11(16)9-5-3-2-4-6-9/h2-7H,1H3. The van der Waals surface area contributed by atoms with Crippen LogP contribution in [0, 0.1) is 6.92 Å². The highest BCUT2D eigenvalue weighted by atomic mass is 35.5. The number of halogens is 1. The predicted octanol–water partition coefficient (Wildman–Crippen LogP) is 2.66. The number of esters is 1. The number of aryl methyl sites for hydroxylation is 1. The number of hydrogen-bond donors (Lipinski definition) is 0. The zero-order chi connectivity index (χ0) is 12.3. The minimum absolute atomic E-state index is 0.0476. The fourth-order valence-corrected chi connectivity index (χ4v) is 1.36. The Labute approximate surface area is 103 Å². The summed E-state index contributed by atoms with van der Waals surface area (Å²) in [5, 5.41) is 0.0476. The molecule has 4 nitrogen and oxygen atoms in total. The summed E-state index contributed by atoms with van der Waals surface area (Å²) in [6.45, 7) is 1.74. The van der Waals surface area contributed by atoms with Gasteiger partial charge in [-0.3, -0.25) is 0 Å². The number of ether oxygens (including phenoxy) is 1. The minimum Gasteiger partial charge on any atom is -0.403 e. The van der Waals surface area contributed by atoms with E-state index in [-0.39, 0.29) is 11.2 Å². The number of benzene rings is 1. The second kappa shape index (κ2) is 4.93. The maximum absolute atomic E-state index is 11.8. The van der Waals surface area contributed by atoms with Gasteiger partial charge in [0.15, 0.2) is 0 Å². The molecule has 0 fully saturated rings. The molecule has 1 heterocycles. The zero-order valence-electron chi connectivity index (χ0n) is 9.05. The third kappa shape index (κ3) is 2.79. The lowest BCUT2D eigenvalue weighted by atomic mass is 10.2. The molecule has 17 heavy (non-hydrogen) atoms. The predicted molar refractivity (Wildman–Crippen MR) is 63.2 cm³/mol. The smallest absolute Gasteiger partial charge is 0.344 e. The number of hydrogen-bond acceptors (Lipinski definition) is 4. The molecule has 5 heteroatoms. The summed E-state index contributed by atoms with van der Waals surface area (Å²) in [5.41, 5.74) is 1.11. The molecule has 0 aliphatic rings. The summed E-state index contributed by atoms with van der Waals surface area (Å²) < 4.78 is 5.14. The molecule has 0 saturated heterocycles. The van der Waals surface area contributed by atoms with E-state index in [0.29, 0.717) is 11.1 Å². The van der Waals surface area contributed by atoms with E-state index in [4.69, 9.17) is 16.3 Å². The Balaban J connectivity index is 2.22. The van der Waals surface area contributed by atoms with E-state index in [0.717, 1.165) is 0 Å². The van der Waals surface area contributed by atoms with Crippen molar-refractivity contribution in [3.63, 3.8) is 0 Å². The quantitative estimate of drug-likeness (QED) is 0.606. The molecular weight excluding hydrogens is 240 g/mol. The molecule has 86 valence electrons. The first-order valence-corrected chi connectivity index (χ1v) is 5.31. The van der Waals surface area contributed by atoms with Gasteiger partial charge in [0.25, 0.3) is 0 Å². The maximum atomic E-state index is 11.8. The largest absolute Gasteiger partial charge is 0.403 e. The highest BCUT2D eigenvalue weighted by molar-refractivity contribution is 6.28. The number of aromatic nitrogens is 2. The first-order valence-electron chi connectivity index (χ1n) is 4.93. The van der Waals surface area contributed by atoms with Crippen LogP contribution in [0.15, 0.2) is 36.5 Å². The molecule has 0 radical (unpaired) electrons. The molecule has 0 aliphatic heterocycles. The lowest BCUT2D eigenvalue weighted by Gasteiger charge is -2.05. The fourth-order valence-electron chi connectivity index (χ4n) is 1.23. The van der Waals surface area contributed by atoms with Crippen LogP contribution in [-0.2, 0) is 0 Å². The van der Waals surface area contributed by atoms with Gasteiger partial charge >= 0.3 is 5.97 Å². The Bertz CT molecular complexity index is 543. The average Bonchev–Trinajstić information content (AvgIpc) is 2.35. The monoisotopic (exact) mass is 248 g/mol. The average molecular weight is 249 g/mol.